The van der Waals surface area contributed by atoms with Crippen molar-refractivity contribution in [3.63, 3.8) is 0 Å². The molecule has 0 aliphatic rings. The van der Waals surface area contributed by atoms with Crippen LogP contribution in [0.25, 0.3) is 0 Å². The summed E-state index contributed by atoms with van der Waals surface area (Å²) >= 11 is 0. The Labute approximate surface area is 171 Å². The molecule has 0 saturated carbocycles. The molecule has 0 fully saturated rings. The average Bonchev–Trinajstić information content (AvgIpc) is 3.25. The van der Waals surface area contributed by atoms with Crippen molar-refractivity contribution in [2.24, 2.45) is 0 Å². The Morgan fingerprint density at radius 3 is 2.52 bits per heavy atom. The summed E-state index contributed by atoms with van der Waals surface area (Å²) in [6.07, 6.45) is 1.28. The lowest BCUT2D eigenvalue weighted by molar-refractivity contribution is -0.132. The first-order chi connectivity index (χ1) is 14.0. The molecule has 3 rings (SSSR count). The average molecular weight is 393 g/mol. The Kier molecular flexibility index (Phi) is 6.73. The molecule has 2 atom stereocenters. The van der Waals surface area contributed by atoms with Gasteiger partial charge in [0.05, 0.1) is 31.9 Å². The molecule has 1 aromatic heterocycles. The number of methoxy groups -OCH3 is 1. The summed E-state index contributed by atoms with van der Waals surface area (Å²) in [5, 5.41) is 10.6. The van der Waals surface area contributed by atoms with Gasteiger partial charge in [-0.15, -0.1) is 0 Å². The van der Waals surface area contributed by atoms with Gasteiger partial charge in [0.2, 0.25) is 5.91 Å². The molecule has 1 N–H and O–H groups in total. The van der Waals surface area contributed by atoms with Gasteiger partial charge in [0.25, 0.3) is 0 Å². The Balaban J connectivity index is 1.77. The van der Waals surface area contributed by atoms with Gasteiger partial charge in [-0.05, 0) is 42.3 Å². The molecule has 3 aromatic rings. The fourth-order valence-corrected chi connectivity index (χ4v) is 3.35. The van der Waals surface area contributed by atoms with Crippen molar-refractivity contribution < 1.29 is 19.1 Å². The van der Waals surface area contributed by atoms with E-state index in [2.05, 4.69) is 0 Å². The van der Waals surface area contributed by atoms with E-state index in [1.165, 1.54) is 0 Å². The number of aryl methyl sites for hydroxylation is 1. The number of rotatable bonds is 8. The van der Waals surface area contributed by atoms with Crippen LogP contribution in [0.1, 0.15) is 34.5 Å². The second-order valence-corrected chi connectivity index (χ2v) is 7.26. The molecular formula is C24H27NO4. The van der Waals surface area contributed by atoms with E-state index in [4.69, 9.17) is 9.15 Å². The number of furan rings is 1. The summed E-state index contributed by atoms with van der Waals surface area (Å²) in [6, 6.07) is 18.9. The summed E-state index contributed by atoms with van der Waals surface area (Å²) < 4.78 is 10.7. The second-order valence-electron chi connectivity index (χ2n) is 7.26. The molecule has 0 aliphatic carbocycles. The number of hydrogen-bond donors (Lipinski definition) is 1. The van der Waals surface area contributed by atoms with Crippen molar-refractivity contribution in [2.75, 3.05) is 20.7 Å². The number of benzene rings is 2. The SMILES string of the molecule is COc1cccc(C(O)CN(C)C(=O)C(Cc2ccco2)c2ccc(C)cc2)c1. The van der Waals surface area contributed by atoms with Crippen LogP contribution in [0.2, 0.25) is 0 Å². The molecule has 0 aliphatic heterocycles. The largest absolute Gasteiger partial charge is 0.497 e. The van der Waals surface area contributed by atoms with Crippen LogP contribution >= 0.6 is 0 Å². The zero-order valence-electron chi connectivity index (χ0n) is 17.0. The van der Waals surface area contributed by atoms with Gasteiger partial charge in [0.15, 0.2) is 0 Å². The molecule has 5 nitrogen and oxygen atoms in total. The van der Waals surface area contributed by atoms with Crippen LogP contribution in [0.15, 0.2) is 71.3 Å². The van der Waals surface area contributed by atoms with E-state index in [1.807, 2.05) is 61.5 Å². The number of aliphatic hydroxyl groups is 1. The molecule has 2 aromatic carbocycles. The van der Waals surface area contributed by atoms with Crippen molar-refractivity contribution in [1.82, 2.24) is 4.90 Å². The fraction of sp³-hybridized carbons (Fsp3) is 0.292. The summed E-state index contributed by atoms with van der Waals surface area (Å²) in [5.41, 5.74) is 2.78. The lowest BCUT2D eigenvalue weighted by Crippen LogP contribution is -2.35. The molecule has 29 heavy (non-hydrogen) atoms. The predicted octanol–water partition coefficient (Wildman–Crippen LogP) is 4.11. The normalized spacial score (nSPS) is 13.0. The third kappa shape index (κ3) is 5.27. The van der Waals surface area contributed by atoms with Gasteiger partial charge in [0.1, 0.15) is 11.5 Å². The molecular weight excluding hydrogens is 366 g/mol. The van der Waals surface area contributed by atoms with E-state index in [0.717, 1.165) is 16.9 Å². The fourth-order valence-electron chi connectivity index (χ4n) is 3.35. The Bertz CT molecular complexity index is 918. The molecule has 1 amide bonds. The van der Waals surface area contributed by atoms with Crippen molar-refractivity contribution in [3.8, 4) is 5.75 Å². The number of hydrogen-bond acceptors (Lipinski definition) is 4. The Morgan fingerprint density at radius 2 is 1.86 bits per heavy atom. The van der Waals surface area contributed by atoms with Crippen LogP contribution < -0.4 is 4.74 Å². The highest BCUT2D eigenvalue weighted by molar-refractivity contribution is 5.84. The molecule has 5 heteroatoms. The standard InChI is InChI=1S/C24H27NO4/c1-17-9-11-18(12-10-17)22(15-21-8-5-13-29-21)24(27)25(2)16-23(26)19-6-4-7-20(14-19)28-3/h4-14,22-23,26H,15-16H2,1-3H3. The monoisotopic (exact) mass is 393 g/mol. The van der Waals surface area contributed by atoms with Gasteiger partial charge in [-0.1, -0.05) is 42.0 Å². The number of aliphatic hydroxyl groups excluding tert-OH is 1. The summed E-state index contributed by atoms with van der Waals surface area (Å²) in [5.74, 6) is 0.980. The maximum absolute atomic E-state index is 13.3. The van der Waals surface area contributed by atoms with E-state index in [9.17, 15) is 9.90 Å². The minimum atomic E-state index is -0.804. The zero-order valence-corrected chi connectivity index (χ0v) is 17.0. The third-order valence-corrected chi connectivity index (χ3v) is 5.06. The van der Waals surface area contributed by atoms with Crippen LogP contribution in [0.3, 0.4) is 0 Å². The third-order valence-electron chi connectivity index (χ3n) is 5.06. The summed E-state index contributed by atoms with van der Waals surface area (Å²) in [4.78, 5) is 14.9. The van der Waals surface area contributed by atoms with Crippen LogP contribution in [0.4, 0.5) is 0 Å². The van der Waals surface area contributed by atoms with Crippen molar-refractivity contribution in [3.05, 3.63) is 89.4 Å². The van der Waals surface area contributed by atoms with Gasteiger partial charge < -0.3 is 19.2 Å². The Hall–Kier alpha value is -3.05. The van der Waals surface area contributed by atoms with E-state index in [-0.39, 0.29) is 18.4 Å². The minimum Gasteiger partial charge on any atom is -0.497 e. The van der Waals surface area contributed by atoms with Crippen LogP contribution in [-0.4, -0.2) is 36.6 Å². The van der Waals surface area contributed by atoms with Crippen molar-refractivity contribution >= 4 is 5.91 Å². The minimum absolute atomic E-state index is 0.0628. The van der Waals surface area contributed by atoms with Gasteiger partial charge in [-0.3, -0.25) is 4.79 Å². The smallest absolute Gasteiger partial charge is 0.230 e. The second kappa shape index (κ2) is 9.43. The highest BCUT2D eigenvalue weighted by atomic mass is 16.5. The predicted molar refractivity (Wildman–Crippen MR) is 112 cm³/mol. The first kappa shape index (κ1) is 20.7. The van der Waals surface area contributed by atoms with Gasteiger partial charge >= 0.3 is 0 Å². The lowest BCUT2D eigenvalue weighted by atomic mass is 9.92. The number of carbonyl (C=O) groups is 1. The highest BCUT2D eigenvalue weighted by Crippen LogP contribution is 2.26. The summed E-state index contributed by atoms with van der Waals surface area (Å²) in [6.45, 7) is 2.20. The number of nitrogens with zero attached hydrogens (tertiary/aromatic N) is 1. The molecule has 0 saturated heterocycles. The maximum Gasteiger partial charge on any atom is 0.230 e. The molecule has 2 unspecified atom stereocenters. The maximum atomic E-state index is 13.3. The van der Waals surface area contributed by atoms with Crippen LogP contribution in [0, 0.1) is 6.92 Å². The van der Waals surface area contributed by atoms with E-state index < -0.39 is 6.10 Å². The zero-order chi connectivity index (χ0) is 20.8. The molecule has 0 radical (unpaired) electrons. The van der Waals surface area contributed by atoms with Crippen LogP contribution in [0.5, 0.6) is 5.75 Å². The van der Waals surface area contributed by atoms with Gasteiger partial charge in [0, 0.05) is 13.5 Å². The molecule has 152 valence electrons. The quantitative estimate of drug-likeness (QED) is 0.625. The van der Waals surface area contributed by atoms with Gasteiger partial charge in [-0.2, -0.15) is 0 Å². The molecule has 1 heterocycles. The molecule has 0 bridgehead atoms. The lowest BCUT2D eigenvalue weighted by Gasteiger charge is -2.26. The van der Waals surface area contributed by atoms with Crippen LogP contribution in [-0.2, 0) is 11.2 Å². The number of ether oxygens (including phenoxy) is 1. The number of carbonyl (C=O) groups excluding carboxylic acids is 1. The summed E-state index contributed by atoms with van der Waals surface area (Å²) in [7, 11) is 3.30. The van der Waals surface area contributed by atoms with Crippen molar-refractivity contribution in [1.29, 1.82) is 0 Å². The van der Waals surface area contributed by atoms with E-state index in [0.29, 0.717) is 17.7 Å². The topological polar surface area (TPSA) is 62.9 Å². The van der Waals surface area contributed by atoms with Crippen molar-refractivity contribution in [2.45, 2.75) is 25.4 Å². The van der Waals surface area contributed by atoms with Gasteiger partial charge in [-0.25, -0.2) is 0 Å². The first-order valence-corrected chi connectivity index (χ1v) is 9.64. The number of amides is 1. The molecule has 0 spiro atoms. The first-order valence-electron chi connectivity index (χ1n) is 9.64. The van der Waals surface area contributed by atoms with E-state index >= 15 is 0 Å². The number of likely N-dealkylation sites (N-methyl/N-ethyl adjacent to an activating group) is 1. The Morgan fingerprint density at radius 1 is 1.10 bits per heavy atom. The van der Waals surface area contributed by atoms with E-state index in [1.54, 1.807) is 31.4 Å². The highest BCUT2D eigenvalue weighted by Gasteiger charge is 2.27.